The monoisotopic (exact) mass is 328 g/mol. The van der Waals surface area contributed by atoms with Gasteiger partial charge >= 0.3 is 5.97 Å². The summed E-state index contributed by atoms with van der Waals surface area (Å²) in [4.78, 5) is 26.2. The number of amides is 1. The van der Waals surface area contributed by atoms with Crippen molar-refractivity contribution in [1.29, 1.82) is 0 Å². The third-order valence-corrected chi connectivity index (χ3v) is 4.89. The fourth-order valence-electron chi connectivity index (χ4n) is 3.59. The Labute approximate surface area is 141 Å². The van der Waals surface area contributed by atoms with Crippen LogP contribution in [-0.4, -0.2) is 39.5 Å². The van der Waals surface area contributed by atoms with Gasteiger partial charge in [0.15, 0.2) is 0 Å². The first-order valence-electron chi connectivity index (χ1n) is 8.56. The summed E-state index contributed by atoms with van der Waals surface area (Å²) in [5.41, 5.74) is 2.82. The lowest BCUT2D eigenvalue weighted by atomic mass is 9.96. The van der Waals surface area contributed by atoms with Gasteiger partial charge in [0.25, 0.3) is 5.91 Å². The third-order valence-electron chi connectivity index (χ3n) is 4.89. The van der Waals surface area contributed by atoms with Gasteiger partial charge in [-0.1, -0.05) is 13.8 Å². The van der Waals surface area contributed by atoms with Crippen LogP contribution in [0, 0.1) is 0 Å². The maximum Gasteiger partial charge on any atom is 0.352 e. The number of hydrogen-bond acceptors (Lipinski definition) is 2. The fourth-order valence-corrected chi connectivity index (χ4v) is 3.59. The second-order valence-corrected chi connectivity index (χ2v) is 6.90. The normalized spacial score (nSPS) is 15.2. The zero-order valence-corrected chi connectivity index (χ0v) is 14.5. The quantitative estimate of drug-likeness (QED) is 0.936. The van der Waals surface area contributed by atoms with Crippen molar-refractivity contribution in [3.8, 4) is 0 Å². The summed E-state index contributed by atoms with van der Waals surface area (Å²) in [6, 6.07) is 5.44. The van der Waals surface area contributed by atoms with Crippen LogP contribution in [-0.2, 0) is 7.05 Å². The van der Waals surface area contributed by atoms with Crippen molar-refractivity contribution >= 4 is 22.8 Å². The van der Waals surface area contributed by atoms with Crippen LogP contribution >= 0.6 is 0 Å². The first kappa shape index (κ1) is 16.6. The van der Waals surface area contributed by atoms with E-state index in [2.05, 4.69) is 13.8 Å². The van der Waals surface area contributed by atoms with Crippen molar-refractivity contribution < 1.29 is 14.7 Å². The molecule has 0 aliphatic carbocycles. The Morgan fingerprint density at radius 3 is 2.33 bits per heavy atom. The van der Waals surface area contributed by atoms with Gasteiger partial charge in [0.05, 0.1) is 5.52 Å². The minimum Gasteiger partial charge on any atom is -0.477 e. The van der Waals surface area contributed by atoms with Crippen molar-refractivity contribution in [2.75, 3.05) is 13.1 Å². The first-order valence-corrected chi connectivity index (χ1v) is 8.56. The highest BCUT2D eigenvalue weighted by Crippen LogP contribution is 2.30. The molecule has 1 N–H and O–H groups in total. The summed E-state index contributed by atoms with van der Waals surface area (Å²) in [5.74, 6) is -0.691. The molecule has 0 bridgehead atoms. The fraction of sp³-hybridized carbons (Fsp3) is 0.474. The Kier molecular flexibility index (Phi) is 4.35. The van der Waals surface area contributed by atoms with Gasteiger partial charge < -0.3 is 14.6 Å². The molecule has 0 unspecified atom stereocenters. The molecule has 0 spiro atoms. The zero-order chi connectivity index (χ0) is 17.4. The van der Waals surface area contributed by atoms with Gasteiger partial charge in [-0.3, -0.25) is 4.79 Å². The van der Waals surface area contributed by atoms with Gasteiger partial charge in [-0.25, -0.2) is 4.79 Å². The lowest BCUT2D eigenvalue weighted by Gasteiger charge is -2.27. The van der Waals surface area contributed by atoms with E-state index >= 15 is 0 Å². The van der Waals surface area contributed by atoms with Crippen LogP contribution < -0.4 is 0 Å². The molecule has 0 atom stereocenters. The van der Waals surface area contributed by atoms with Crippen molar-refractivity contribution in [2.24, 2.45) is 7.05 Å². The van der Waals surface area contributed by atoms with Crippen LogP contribution in [0.5, 0.6) is 0 Å². The number of carboxylic acids is 1. The Morgan fingerprint density at radius 1 is 1.08 bits per heavy atom. The zero-order valence-electron chi connectivity index (χ0n) is 14.5. The van der Waals surface area contributed by atoms with Gasteiger partial charge in [0, 0.05) is 31.1 Å². The molecule has 1 fully saturated rings. The summed E-state index contributed by atoms with van der Waals surface area (Å²) in [5, 5.41) is 10.2. The smallest absolute Gasteiger partial charge is 0.352 e. The summed E-state index contributed by atoms with van der Waals surface area (Å²) in [6.07, 6.45) is 3.29. The van der Waals surface area contributed by atoms with Crippen LogP contribution in [0.15, 0.2) is 18.2 Å². The van der Waals surface area contributed by atoms with E-state index in [-0.39, 0.29) is 17.5 Å². The lowest BCUT2D eigenvalue weighted by molar-refractivity contribution is 0.0685. The van der Waals surface area contributed by atoms with Gasteiger partial charge in [-0.2, -0.15) is 0 Å². The maximum atomic E-state index is 12.8. The molecule has 5 heteroatoms. The van der Waals surface area contributed by atoms with E-state index < -0.39 is 5.97 Å². The number of nitrogens with zero attached hydrogens (tertiary/aromatic N) is 2. The number of carboxylic acid groups (broad SMARTS) is 1. The van der Waals surface area contributed by atoms with E-state index in [0.29, 0.717) is 5.56 Å². The molecule has 0 saturated carbocycles. The number of aromatic carboxylic acids is 1. The van der Waals surface area contributed by atoms with Gasteiger partial charge in [-0.15, -0.1) is 0 Å². The first-order chi connectivity index (χ1) is 11.4. The molecule has 128 valence electrons. The molecule has 1 aliphatic heterocycles. The second-order valence-electron chi connectivity index (χ2n) is 6.90. The molecular weight excluding hydrogens is 304 g/mol. The maximum absolute atomic E-state index is 12.8. The third kappa shape index (κ3) is 2.79. The minimum atomic E-state index is -0.952. The van der Waals surface area contributed by atoms with Crippen molar-refractivity contribution in [2.45, 2.75) is 39.0 Å². The molecule has 0 radical (unpaired) electrons. The largest absolute Gasteiger partial charge is 0.477 e. The Hall–Kier alpha value is -2.30. The number of carbonyl (C=O) groups excluding carboxylic acids is 1. The molecular formula is C19H24N2O3. The van der Waals surface area contributed by atoms with Crippen LogP contribution in [0.1, 0.15) is 65.4 Å². The van der Waals surface area contributed by atoms with Crippen LogP contribution in [0.4, 0.5) is 0 Å². The van der Waals surface area contributed by atoms with E-state index in [1.54, 1.807) is 17.7 Å². The number of fused-ring (bicyclic) bond motifs is 1. The van der Waals surface area contributed by atoms with Crippen LogP contribution in [0.25, 0.3) is 10.9 Å². The highest BCUT2D eigenvalue weighted by molar-refractivity contribution is 6.02. The molecule has 1 saturated heterocycles. The molecule has 5 nitrogen and oxygen atoms in total. The number of carbonyl (C=O) groups is 2. The highest BCUT2D eigenvalue weighted by Gasteiger charge is 2.22. The summed E-state index contributed by atoms with van der Waals surface area (Å²) in [6.45, 7) is 5.75. The van der Waals surface area contributed by atoms with Gasteiger partial charge in [-0.05, 0) is 48.9 Å². The number of likely N-dealkylation sites (tertiary alicyclic amines) is 1. The van der Waals surface area contributed by atoms with E-state index in [1.807, 2.05) is 17.0 Å². The highest BCUT2D eigenvalue weighted by atomic mass is 16.4. The molecule has 1 aromatic heterocycles. The molecule has 3 rings (SSSR count). The van der Waals surface area contributed by atoms with E-state index in [9.17, 15) is 14.7 Å². The van der Waals surface area contributed by atoms with Crippen molar-refractivity contribution in [1.82, 2.24) is 9.47 Å². The SMILES string of the molecule is CC(C)c1cc(C(=O)N2CCCCC2)cc2cc(C(=O)O)n(C)c12. The Bertz CT molecular complexity index is 799. The average Bonchev–Trinajstić information content (AvgIpc) is 2.91. The minimum absolute atomic E-state index is 0.0548. The summed E-state index contributed by atoms with van der Waals surface area (Å²) in [7, 11) is 1.77. The molecule has 1 aliphatic rings. The standard InChI is InChI=1S/C19H24N2O3/c1-12(2)15-10-14(18(22)21-7-5-4-6-8-21)9-13-11-16(19(23)24)20(3)17(13)15/h9-12H,4-8H2,1-3H3,(H,23,24). The number of rotatable bonds is 3. The van der Waals surface area contributed by atoms with E-state index in [4.69, 9.17) is 0 Å². The molecule has 1 amide bonds. The number of piperidine rings is 1. The summed E-state index contributed by atoms with van der Waals surface area (Å²) < 4.78 is 1.71. The Morgan fingerprint density at radius 2 is 1.75 bits per heavy atom. The van der Waals surface area contributed by atoms with E-state index in [0.717, 1.165) is 42.4 Å². The van der Waals surface area contributed by atoms with Crippen molar-refractivity contribution in [3.05, 3.63) is 35.0 Å². The van der Waals surface area contributed by atoms with Crippen LogP contribution in [0.3, 0.4) is 0 Å². The van der Waals surface area contributed by atoms with Gasteiger partial charge in [0.1, 0.15) is 5.69 Å². The predicted molar refractivity (Wildman–Crippen MR) is 93.7 cm³/mol. The molecule has 1 aromatic carbocycles. The Balaban J connectivity index is 2.13. The number of aryl methyl sites for hydroxylation is 1. The molecule has 2 aromatic rings. The average molecular weight is 328 g/mol. The predicted octanol–water partition coefficient (Wildman–Crippen LogP) is 3.63. The van der Waals surface area contributed by atoms with Crippen LogP contribution in [0.2, 0.25) is 0 Å². The number of hydrogen-bond donors (Lipinski definition) is 1. The van der Waals surface area contributed by atoms with E-state index in [1.165, 1.54) is 6.42 Å². The van der Waals surface area contributed by atoms with Gasteiger partial charge in [0.2, 0.25) is 0 Å². The molecule has 24 heavy (non-hydrogen) atoms. The van der Waals surface area contributed by atoms with Crippen molar-refractivity contribution in [3.63, 3.8) is 0 Å². The number of aromatic nitrogens is 1. The number of benzene rings is 1. The lowest BCUT2D eigenvalue weighted by Crippen LogP contribution is -2.35. The summed E-state index contributed by atoms with van der Waals surface area (Å²) >= 11 is 0. The topological polar surface area (TPSA) is 62.5 Å². The molecule has 2 heterocycles. The second kappa shape index (κ2) is 6.30.